The van der Waals surface area contributed by atoms with Gasteiger partial charge in [-0.25, -0.2) is 0 Å². The standard InChI is InChI=1S/C19H27NO/c1-5-18(19-7-6-12-21-19)20-15(4)17-10-8-16(9-11-17)13-14(2)3/h6-12,14-15,18,20H,5,13H2,1-4H3. The maximum Gasteiger partial charge on any atom is 0.120 e. The normalized spacial score (nSPS) is 14.3. The summed E-state index contributed by atoms with van der Waals surface area (Å²) in [5, 5.41) is 3.65. The Hall–Kier alpha value is -1.54. The molecule has 2 atom stereocenters. The first-order valence-electron chi connectivity index (χ1n) is 7.98. The Labute approximate surface area is 128 Å². The van der Waals surface area contributed by atoms with Crippen molar-refractivity contribution in [2.24, 2.45) is 5.92 Å². The number of hydrogen-bond acceptors (Lipinski definition) is 2. The van der Waals surface area contributed by atoms with E-state index in [4.69, 9.17) is 4.42 Å². The Bertz CT molecular complexity index is 513. The molecule has 1 heterocycles. The van der Waals surface area contributed by atoms with E-state index in [1.54, 1.807) is 6.26 Å². The Morgan fingerprint density at radius 3 is 2.29 bits per heavy atom. The summed E-state index contributed by atoms with van der Waals surface area (Å²) in [6.45, 7) is 8.91. The minimum Gasteiger partial charge on any atom is -0.468 e. The van der Waals surface area contributed by atoms with Gasteiger partial charge in [0.05, 0.1) is 12.3 Å². The average molecular weight is 285 g/mol. The van der Waals surface area contributed by atoms with Crippen LogP contribution in [0.1, 0.15) is 63.1 Å². The lowest BCUT2D eigenvalue weighted by atomic mass is 9.99. The summed E-state index contributed by atoms with van der Waals surface area (Å²) in [6.07, 6.45) is 3.90. The van der Waals surface area contributed by atoms with E-state index in [0.717, 1.165) is 18.6 Å². The molecule has 1 aromatic heterocycles. The van der Waals surface area contributed by atoms with Crippen LogP contribution in [0, 0.1) is 5.92 Å². The maximum absolute atomic E-state index is 5.52. The fraction of sp³-hybridized carbons (Fsp3) is 0.474. The van der Waals surface area contributed by atoms with Crippen LogP contribution >= 0.6 is 0 Å². The molecule has 0 aliphatic rings. The lowest BCUT2D eigenvalue weighted by Gasteiger charge is -2.21. The summed E-state index contributed by atoms with van der Waals surface area (Å²) >= 11 is 0. The van der Waals surface area contributed by atoms with Crippen LogP contribution in [0.15, 0.2) is 47.1 Å². The van der Waals surface area contributed by atoms with E-state index in [1.807, 2.05) is 12.1 Å². The molecule has 2 unspecified atom stereocenters. The summed E-state index contributed by atoms with van der Waals surface area (Å²) in [7, 11) is 0. The third-order valence-corrected chi connectivity index (χ3v) is 3.87. The molecular formula is C19H27NO. The Morgan fingerprint density at radius 1 is 1.05 bits per heavy atom. The van der Waals surface area contributed by atoms with Crippen molar-refractivity contribution < 1.29 is 4.42 Å². The molecule has 21 heavy (non-hydrogen) atoms. The first kappa shape index (κ1) is 15.8. The van der Waals surface area contributed by atoms with E-state index < -0.39 is 0 Å². The molecule has 2 heteroatoms. The molecule has 0 radical (unpaired) electrons. The van der Waals surface area contributed by atoms with Gasteiger partial charge in [-0.2, -0.15) is 0 Å². The maximum atomic E-state index is 5.52. The van der Waals surface area contributed by atoms with Crippen LogP contribution in [0.5, 0.6) is 0 Å². The van der Waals surface area contributed by atoms with Crippen LogP contribution < -0.4 is 5.32 Å². The van der Waals surface area contributed by atoms with Crippen molar-refractivity contribution in [2.75, 3.05) is 0 Å². The summed E-state index contributed by atoms with van der Waals surface area (Å²) in [5.41, 5.74) is 2.74. The predicted molar refractivity (Wildman–Crippen MR) is 88.3 cm³/mol. The molecular weight excluding hydrogens is 258 g/mol. The van der Waals surface area contributed by atoms with Crippen LogP contribution in [0.2, 0.25) is 0 Å². The summed E-state index contributed by atoms with van der Waals surface area (Å²) in [5.74, 6) is 1.72. The topological polar surface area (TPSA) is 25.2 Å². The molecule has 1 aromatic carbocycles. The van der Waals surface area contributed by atoms with Gasteiger partial charge >= 0.3 is 0 Å². The fourth-order valence-electron chi connectivity index (χ4n) is 2.70. The third kappa shape index (κ3) is 4.47. The number of furan rings is 1. The zero-order valence-corrected chi connectivity index (χ0v) is 13.6. The highest BCUT2D eigenvalue weighted by molar-refractivity contribution is 5.25. The molecule has 0 aliphatic heterocycles. The van der Waals surface area contributed by atoms with Crippen molar-refractivity contribution in [3.8, 4) is 0 Å². The number of nitrogens with one attached hydrogen (secondary N) is 1. The number of benzene rings is 1. The minimum atomic E-state index is 0.269. The molecule has 0 saturated heterocycles. The van der Waals surface area contributed by atoms with Crippen molar-refractivity contribution in [3.63, 3.8) is 0 Å². The number of rotatable bonds is 7. The molecule has 0 amide bonds. The largest absolute Gasteiger partial charge is 0.468 e. The second-order valence-electron chi connectivity index (χ2n) is 6.20. The van der Waals surface area contributed by atoms with Crippen molar-refractivity contribution in [1.82, 2.24) is 5.32 Å². The minimum absolute atomic E-state index is 0.269. The first-order valence-corrected chi connectivity index (χ1v) is 7.98. The van der Waals surface area contributed by atoms with Gasteiger partial charge in [0.1, 0.15) is 5.76 Å². The van der Waals surface area contributed by atoms with Gasteiger partial charge in [0.15, 0.2) is 0 Å². The van der Waals surface area contributed by atoms with Gasteiger partial charge in [0.25, 0.3) is 0 Å². The zero-order chi connectivity index (χ0) is 15.2. The second kappa shape index (κ2) is 7.46. The molecule has 2 rings (SSSR count). The Morgan fingerprint density at radius 2 is 1.76 bits per heavy atom. The lowest BCUT2D eigenvalue weighted by Crippen LogP contribution is -2.23. The van der Waals surface area contributed by atoms with E-state index >= 15 is 0 Å². The van der Waals surface area contributed by atoms with Crippen molar-refractivity contribution in [2.45, 2.75) is 52.6 Å². The van der Waals surface area contributed by atoms with Gasteiger partial charge in [0, 0.05) is 6.04 Å². The van der Waals surface area contributed by atoms with Crippen molar-refractivity contribution in [3.05, 3.63) is 59.5 Å². The molecule has 0 aliphatic carbocycles. The second-order valence-corrected chi connectivity index (χ2v) is 6.20. The quantitative estimate of drug-likeness (QED) is 0.748. The molecule has 0 bridgehead atoms. The Balaban J connectivity index is 2.00. The van der Waals surface area contributed by atoms with Crippen LogP contribution in [0.4, 0.5) is 0 Å². The van der Waals surface area contributed by atoms with E-state index in [1.165, 1.54) is 11.1 Å². The van der Waals surface area contributed by atoms with Gasteiger partial charge in [-0.1, -0.05) is 45.0 Å². The van der Waals surface area contributed by atoms with E-state index in [9.17, 15) is 0 Å². The van der Waals surface area contributed by atoms with Gasteiger partial charge in [-0.05, 0) is 48.9 Å². The first-order chi connectivity index (χ1) is 10.1. The molecule has 0 fully saturated rings. The van der Waals surface area contributed by atoms with Crippen molar-refractivity contribution >= 4 is 0 Å². The van der Waals surface area contributed by atoms with E-state index in [0.29, 0.717) is 12.0 Å². The van der Waals surface area contributed by atoms with Gasteiger partial charge in [-0.3, -0.25) is 0 Å². The van der Waals surface area contributed by atoms with Gasteiger partial charge in [0.2, 0.25) is 0 Å². The third-order valence-electron chi connectivity index (χ3n) is 3.87. The molecule has 0 spiro atoms. The highest BCUT2D eigenvalue weighted by Crippen LogP contribution is 2.23. The van der Waals surface area contributed by atoms with Gasteiger partial charge < -0.3 is 9.73 Å². The zero-order valence-electron chi connectivity index (χ0n) is 13.6. The Kier molecular flexibility index (Phi) is 5.63. The fourth-order valence-corrected chi connectivity index (χ4v) is 2.70. The van der Waals surface area contributed by atoms with Crippen LogP contribution in [-0.4, -0.2) is 0 Å². The van der Waals surface area contributed by atoms with E-state index in [2.05, 4.69) is 57.3 Å². The molecule has 0 saturated carbocycles. The van der Waals surface area contributed by atoms with Gasteiger partial charge in [-0.15, -0.1) is 0 Å². The van der Waals surface area contributed by atoms with Crippen molar-refractivity contribution in [1.29, 1.82) is 0 Å². The molecule has 114 valence electrons. The summed E-state index contributed by atoms with van der Waals surface area (Å²) < 4.78 is 5.52. The summed E-state index contributed by atoms with van der Waals surface area (Å²) in [6, 6.07) is 13.6. The molecule has 1 N–H and O–H groups in total. The van der Waals surface area contributed by atoms with Crippen LogP contribution in [-0.2, 0) is 6.42 Å². The number of hydrogen-bond donors (Lipinski definition) is 1. The SMILES string of the molecule is CCC(NC(C)c1ccc(CC(C)C)cc1)c1ccco1. The smallest absolute Gasteiger partial charge is 0.120 e. The summed E-state index contributed by atoms with van der Waals surface area (Å²) in [4.78, 5) is 0. The van der Waals surface area contributed by atoms with E-state index in [-0.39, 0.29) is 6.04 Å². The van der Waals surface area contributed by atoms with Crippen LogP contribution in [0.25, 0.3) is 0 Å². The average Bonchev–Trinajstić information content (AvgIpc) is 2.98. The highest BCUT2D eigenvalue weighted by Gasteiger charge is 2.15. The predicted octanol–water partition coefficient (Wildman–Crippen LogP) is 5.28. The molecule has 2 aromatic rings. The molecule has 2 nitrogen and oxygen atoms in total. The lowest BCUT2D eigenvalue weighted by molar-refractivity contribution is 0.376. The highest BCUT2D eigenvalue weighted by atomic mass is 16.3. The van der Waals surface area contributed by atoms with Crippen LogP contribution in [0.3, 0.4) is 0 Å². The monoisotopic (exact) mass is 285 g/mol.